The summed E-state index contributed by atoms with van der Waals surface area (Å²) in [6.07, 6.45) is 2.08. The Hall–Kier alpha value is -1.03. The van der Waals surface area contributed by atoms with E-state index in [-0.39, 0.29) is 6.03 Å². The largest absolute Gasteiger partial charge is 0.338 e. The Morgan fingerprint density at radius 1 is 1.44 bits per heavy atom. The van der Waals surface area contributed by atoms with E-state index in [9.17, 15) is 4.79 Å². The monoisotopic (exact) mass is 284 g/mol. The molecule has 3 nitrogen and oxygen atoms in total. The summed E-state index contributed by atoms with van der Waals surface area (Å²) in [5.41, 5.74) is 1.90. The highest BCUT2D eigenvalue weighted by Gasteiger charge is 2.05. The van der Waals surface area contributed by atoms with E-state index in [2.05, 4.69) is 33.5 Å². The van der Waals surface area contributed by atoms with Gasteiger partial charge < -0.3 is 10.6 Å². The minimum Gasteiger partial charge on any atom is -0.338 e. The SMILES string of the molecule is CCCCNC(=O)Nc1cccc(C)c1Br. The number of anilines is 1. The number of hydrogen-bond donors (Lipinski definition) is 2. The predicted octanol–water partition coefficient (Wildman–Crippen LogP) is 3.68. The van der Waals surface area contributed by atoms with Crippen molar-refractivity contribution in [2.75, 3.05) is 11.9 Å². The van der Waals surface area contributed by atoms with Crippen LogP contribution in [0.2, 0.25) is 0 Å². The van der Waals surface area contributed by atoms with Crippen LogP contribution in [0.1, 0.15) is 25.3 Å². The first-order valence-corrected chi connectivity index (χ1v) is 6.24. The molecule has 88 valence electrons. The molecule has 0 fully saturated rings. The first kappa shape index (κ1) is 13.0. The molecule has 0 saturated heterocycles. The Morgan fingerprint density at radius 2 is 2.19 bits per heavy atom. The number of halogens is 1. The van der Waals surface area contributed by atoms with Crippen LogP contribution in [-0.4, -0.2) is 12.6 Å². The van der Waals surface area contributed by atoms with Crippen LogP contribution < -0.4 is 10.6 Å². The van der Waals surface area contributed by atoms with Crippen molar-refractivity contribution in [3.63, 3.8) is 0 Å². The van der Waals surface area contributed by atoms with Gasteiger partial charge in [0.15, 0.2) is 0 Å². The molecule has 1 aromatic carbocycles. The maximum Gasteiger partial charge on any atom is 0.319 e. The number of aryl methyl sites for hydroxylation is 1. The second-order valence-electron chi connectivity index (χ2n) is 3.67. The van der Waals surface area contributed by atoms with Crippen molar-refractivity contribution in [3.05, 3.63) is 28.2 Å². The first-order chi connectivity index (χ1) is 7.65. The number of unbranched alkanes of at least 4 members (excludes halogenated alkanes) is 1. The summed E-state index contributed by atoms with van der Waals surface area (Å²) in [5.74, 6) is 0. The van der Waals surface area contributed by atoms with E-state index in [1.807, 2.05) is 25.1 Å². The molecule has 0 aliphatic carbocycles. The van der Waals surface area contributed by atoms with Gasteiger partial charge in [-0.1, -0.05) is 25.5 Å². The fourth-order valence-electron chi connectivity index (χ4n) is 1.29. The fraction of sp³-hybridized carbons (Fsp3) is 0.417. The molecule has 0 atom stereocenters. The second kappa shape index (κ2) is 6.53. The molecule has 0 unspecified atom stereocenters. The fourth-order valence-corrected chi connectivity index (χ4v) is 1.65. The second-order valence-corrected chi connectivity index (χ2v) is 4.46. The van der Waals surface area contributed by atoms with Gasteiger partial charge in [-0.05, 0) is 40.9 Å². The molecule has 0 aliphatic heterocycles. The van der Waals surface area contributed by atoms with Gasteiger partial charge in [0.2, 0.25) is 0 Å². The van der Waals surface area contributed by atoms with Gasteiger partial charge in [-0.3, -0.25) is 0 Å². The third-order valence-electron chi connectivity index (χ3n) is 2.26. The van der Waals surface area contributed by atoms with Gasteiger partial charge in [-0.15, -0.1) is 0 Å². The van der Waals surface area contributed by atoms with Crippen molar-refractivity contribution in [2.24, 2.45) is 0 Å². The Bertz CT molecular complexity index is 366. The molecule has 0 aromatic heterocycles. The van der Waals surface area contributed by atoms with Crippen molar-refractivity contribution in [1.29, 1.82) is 0 Å². The van der Waals surface area contributed by atoms with Crippen LogP contribution >= 0.6 is 15.9 Å². The number of nitrogens with one attached hydrogen (secondary N) is 2. The molecule has 2 amide bonds. The lowest BCUT2D eigenvalue weighted by Crippen LogP contribution is -2.29. The van der Waals surface area contributed by atoms with Crippen molar-refractivity contribution < 1.29 is 4.79 Å². The Morgan fingerprint density at radius 3 is 2.88 bits per heavy atom. The third-order valence-corrected chi connectivity index (χ3v) is 3.31. The highest BCUT2D eigenvalue weighted by atomic mass is 79.9. The van der Waals surface area contributed by atoms with Gasteiger partial charge in [-0.2, -0.15) is 0 Å². The first-order valence-electron chi connectivity index (χ1n) is 5.45. The molecule has 16 heavy (non-hydrogen) atoms. The number of hydrogen-bond acceptors (Lipinski definition) is 1. The zero-order valence-electron chi connectivity index (χ0n) is 9.64. The molecule has 1 rings (SSSR count). The van der Waals surface area contributed by atoms with Gasteiger partial charge >= 0.3 is 6.03 Å². The van der Waals surface area contributed by atoms with Crippen molar-refractivity contribution in [2.45, 2.75) is 26.7 Å². The summed E-state index contributed by atoms with van der Waals surface area (Å²) in [7, 11) is 0. The number of carbonyl (C=O) groups excluding carboxylic acids is 1. The van der Waals surface area contributed by atoms with Crippen LogP contribution in [0.4, 0.5) is 10.5 Å². The van der Waals surface area contributed by atoms with Crippen LogP contribution in [0.25, 0.3) is 0 Å². The zero-order chi connectivity index (χ0) is 12.0. The summed E-state index contributed by atoms with van der Waals surface area (Å²) >= 11 is 3.45. The van der Waals surface area contributed by atoms with E-state index in [0.29, 0.717) is 6.54 Å². The topological polar surface area (TPSA) is 41.1 Å². The molecule has 0 spiro atoms. The number of amides is 2. The lowest BCUT2D eigenvalue weighted by molar-refractivity contribution is 0.252. The molecule has 0 radical (unpaired) electrons. The highest BCUT2D eigenvalue weighted by Crippen LogP contribution is 2.25. The highest BCUT2D eigenvalue weighted by molar-refractivity contribution is 9.10. The van der Waals surface area contributed by atoms with E-state index < -0.39 is 0 Å². The molecule has 0 bridgehead atoms. The van der Waals surface area contributed by atoms with Crippen LogP contribution in [0.15, 0.2) is 22.7 Å². The van der Waals surface area contributed by atoms with Crippen LogP contribution in [0.3, 0.4) is 0 Å². The molecule has 0 aliphatic rings. The van der Waals surface area contributed by atoms with Gasteiger partial charge in [0, 0.05) is 11.0 Å². The minimum absolute atomic E-state index is 0.153. The van der Waals surface area contributed by atoms with Crippen LogP contribution in [0.5, 0.6) is 0 Å². The van der Waals surface area contributed by atoms with Crippen molar-refractivity contribution >= 4 is 27.6 Å². The van der Waals surface area contributed by atoms with Crippen molar-refractivity contribution in [1.82, 2.24) is 5.32 Å². The summed E-state index contributed by atoms with van der Waals surface area (Å²) in [6, 6.07) is 5.63. The minimum atomic E-state index is -0.153. The molecule has 1 aromatic rings. The average molecular weight is 285 g/mol. The maximum absolute atomic E-state index is 11.5. The summed E-state index contributed by atoms with van der Waals surface area (Å²) in [6.45, 7) is 4.80. The quantitative estimate of drug-likeness (QED) is 0.814. The standard InChI is InChI=1S/C12H17BrN2O/c1-3-4-8-14-12(16)15-10-7-5-6-9(2)11(10)13/h5-7H,3-4,8H2,1-2H3,(H2,14,15,16). The normalized spacial score (nSPS) is 9.94. The number of carbonyl (C=O) groups is 1. The van der Waals surface area contributed by atoms with Crippen LogP contribution in [0, 0.1) is 6.92 Å². The lowest BCUT2D eigenvalue weighted by Gasteiger charge is -2.10. The maximum atomic E-state index is 11.5. The van der Waals surface area contributed by atoms with E-state index in [0.717, 1.165) is 28.6 Å². The predicted molar refractivity (Wildman–Crippen MR) is 70.8 cm³/mol. The van der Waals surface area contributed by atoms with E-state index in [1.54, 1.807) is 0 Å². The van der Waals surface area contributed by atoms with Crippen molar-refractivity contribution in [3.8, 4) is 0 Å². The average Bonchev–Trinajstić information content (AvgIpc) is 2.25. The van der Waals surface area contributed by atoms with Gasteiger partial charge in [0.25, 0.3) is 0 Å². The Kier molecular flexibility index (Phi) is 5.32. The van der Waals surface area contributed by atoms with Gasteiger partial charge in [0.1, 0.15) is 0 Å². The zero-order valence-corrected chi connectivity index (χ0v) is 11.2. The van der Waals surface area contributed by atoms with Gasteiger partial charge in [-0.25, -0.2) is 4.79 Å². The molecule has 0 saturated carbocycles. The summed E-state index contributed by atoms with van der Waals surface area (Å²) in [5, 5.41) is 5.62. The molecular weight excluding hydrogens is 268 g/mol. The molecule has 4 heteroatoms. The van der Waals surface area contributed by atoms with Gasteiger partial charge in [0.05, 0.1) is 5.69 Å². The third kappa shape index (κ3) is 3.85. The smallest absolute Gasteiger partial charge is 0.319 e. The Labute approximate surface area is 105 Å². The molecule has 2 N–H and O–H groups in total. The molecular formula is C12H17BrN2O. The van der Waals surface area contributed by atoms with E-state index in [1.165, 1.54) is 0 Å². The summed E-state index contributed by atoms with van der Waals surface area (Å²) < 4.78 is 0.931. The van der Waals surface area contributed by atoms with E-state index in [4.69, 9.17) is 0 Å². The summed E-state index contributed by atoms with van der Waals surface area (Å²) in [4.78, 5) is 11.5. The number of urea groups is 1. The number of benzene rings is 1. The van der Waals surface area contributed by atoms with E-state index >= 15 is 0 Å². The number of rotatable bonds is 4. The Balaban J connectivity index is 2.53. The van der Waals surface area contributed by atoms with Crippen LogP contribution in [-0.2, 0) is 0 Å². The molecule has 0 heterocycles. The lowest BCUT2D eigenvalue weighted by atomic mass is 10.2.